The standard InChI is InChI=1S/C10H16N2O2S4.C2H6S2/c1-15-17-4-7-10(14)12(6-11-7)8-5-18-16-3-2-9(8)13;1-3-4-2/h7-8,11H,2-6H2,1H3;1-2H3. The van der Waals surface area contributed by atoms with E-state index in [1.165, 1.54) is 0 Å². The first-order valence-electron chi connectivity index (χ1n) is 6.69. The van der Waals surface area contributed by atoms with Crippen LogP contribution in [0, 0.1) is 0 Å². The number of rotatable bonds is 5. The van der Waals surface area contributed by atoms with E-state index < -0.39 is 0 Å². The molecule has 2 saturated heterocycles. The van der Waals surface area contributed by atoms with Crippen LogP contribution in [-0.4, -0.2) is 71.4 Å². The van der Waals surface area contributed by atoms with Gasteiger partial charge in [0.1, 0.15) is 6.04 Å². The topological polar surface area (TPSA) is 49.4 Å². The van der Waals surface area contributed by atoms with Gasteiger partial charge in [-0.3, -0.25) is 14.9 Å². The van der Waals surface area contributed by atoms with Crippen LogP contribution in [0.15, 0.2) is 0 Å². The number of hydrogen-bond donors (Lipinski definition) is 1. The Bertz CT molecular complexity index is 359. The van der Waals surface area contributed by atoms with Crippen molar-refractivity contribution in [1.82, 2.24) is 10.2 Å². The normalized spacial score (nSPS) is 25.7. The Balaban J connectivity index is 0.000000541. The molecule has 0 aliphatic carbocycles. The molecule has 1 amide bonds. The molecular formula is C12H22N2O2S6. The minimum absolute atomic E-state index is 0.0856. The molecule has 0 aromatic carbocycles. The molecule has 128 valence electrons. The summed E-state index contributed by atoms with van der Waals surface area (Å²) in [6.45, 7) is 0.514. The predicted octanol–water partition coefficient (Wildman–Crippen LogP) is 3.11. The van der Waals surface area contributed by atoms with Gasteiger partial charge in [-0.25, -0.2) is 0 Å². The Morgan fingerprint density at radius 3 is 2.55 bits per heavy atom. The highest BCUT2D eigenvalue weighted by molar-refractivity contribution is 8.77. The molecule has 2 rings (SSSR count). The number of carbonyl (C=O) groups excluding carboxylic acids is 2. The first kappa shape index (κ1) is 21.2. The van der Waals surface area contributed by atoms with Gasteiger partial charge in [-0.1, -0.05) is 64.8 Å². The second-order valence-corrected chi connectivity index (χ2v) is 12.2. The molecule has 2 heterocycles. The lowest BCUT2D eigenvalue weighted by atomic mass is 10.1. The number of ketones is 1. The molecule has 0 aromatic rings. The van der Waals surface area contributed by atoms with E-state index in [-0.39, 0.29) is 23.8 Å². The van der Waals surface area contributed by atoms with E-state index in [2.05, 4.69) is 17.8 Å². The van der Waals surface area contributed by atoms with Gasteiger partial charge in [0.25, 0.3) is 0 Å². The maximum Gasteiger partial charge on any atom is 0.242 e. The molecule has 2 aliphatic heterocycles. The van der Waals surface area contributed by atoms with Gasteiger partial charge in [-0.2, -0.15) is 0 Å². The first-order valence-corrected chi connectivity index (χ1v) is 14.9. The zero-order valence-corrected chi connectivity index (χ0v) is 17.8. The van der Waals surface area contributed by atoms with Gasteiger partial charge in [0.2, 0.25) is 5.91 Å². The Morgan fingerprint density at radius 2 is 1.91 bits per heavy atom. The quantitative estimate of drug-likeness (QED) is 0.679. The zero-order valence-electron chi connectivity index (χ0n) is 12.9. The summed E-state index contributed by atoms with van der Waals surface area (Å²) in [7, 11) is 10.3. The number of carbonyl (C=O) groups is 2. The molecule has 2 fully saturated rings. The third kappa shape index (κ3) is 6.98. The summed E-state index contributed by atoms with van der Waals surface area (Å²) in [5.74, 6) is 2.64. The molecular weight excluding hydrogens is 397 g/mol. The minimum atomic E-state index is -0.228. The summed E-state index contributed by atoms with van der Waals surface area (Å²) in [6, 6.07) is -0.356. The molecule has 1 N–H and O–H groups in total. The fourth-order valence-corrected chi connectivity index (χ4v) is 5.56. The largest absolute Gasteiger partial charge is 0.318 e. The Hall–Kier alpha value is 1.20. The summed E-state index contributed by atoms with van der Waals surface area (Å²) in [5.41, 5.74) is 0. The van der Waals surface area contributed by atoms with Crippen molar-refractivity contribution in [2.45, 2.75) is 18.5 Å². The van der Waals surface area contributed by atoms with Gasteiger partial charge < -0.3 is 4.90 Å². The summed E-state index contributed by atoms with van der Waals surface area (Å²) in [5, 5.41) is 3.20. The molecule has 2 unspecified atom stereocenters. The monoisotopic (exact) mass is 418 g/mol. The maximum absolute atomic E-state index is 12.2. The molecule has 0 spiro atoms. The summed E-state index contributed by atoms with van der Waals surface area (Å²) >= 11 is 0. The number of Topliss-reactive ketones (excluding diaryl/α,β-unsaturated/α-hetero) is 1. The van der Waals surface area contributed by atoms with Crippen LogP contribution in [0.3, 0.4) is 0 Å². The highest BCUT2D eigenvalue weighted by Crippen LogP contribution is 2.30. The fourth-order valence-electron chi connectivity index (χ4n) is 1.94. The summed E-state index contributed by atoms with van der Waals surface area (Å²) < 4.78 is 0. The van der Waals surface area contributed by atoms with Crippen LogP contribution in [-0.2, 0) is 9.59 Å². The molecule has 0 radical (unpaired) electrons. The lowest BCUT2D eigenvalue weighted by Gasteiger charge is -2.24. The van der Waals surface area contributed by atoms with Crippen molar-refractivity contribution < 1.29 is 9.59 Å². The van der Waals surface area contributed by atoms with Gasteiger partial charge in [-0.15, -0.1) is 0 Å². The molecule has 0 aromatic heterocycles. The second kappa shape index (κ2) is 12.5. The molecule has 2 atom stereocenters. The van der Waals surface area contributed by atoms with Crippen molar-refractivity contribution in [2.24, 2.45) is 0 Å². The number of nitrogens with one attached hydrogen (secondary N) is 1. The second-order valence-electron chi connectivity index (χ2n) is 4.35. The van der Waals surface area contributed by atoms with E-state index in [0.29, 0.717) is 13.1 Å². The van der Waals surface area contributed by atoms with E-state index in [0.717, 1.165) is 17.3 Å². The van der Waals surface area contributed by atoms with E-state index in [1.807, 2.05) is 6.26 Å². The lowest BCUT2D eigenvalue weighted by molar-refractivity contribution is -0.135. The van der Waals surface area contributed by atoms with E-state index in [1.54, 1.807) is 69.7 Å². The first-order chi connectivity index (χ1) is 10.7. The van der Waals surface area contributed by atoms with E-state index >= 15 is 0 Å². The van der Waals surface area contributed by atoms with Crippen molar-refractivity contribution >= 4 is 76.5 Å². The van der Waals surface area contributed by atoms with Gasteiger partial charge in [-0.05, 0) is 18.8 Å². The Morgan fingerprint density at radius 1 is 1.18 bits per heavy atom. The van der Waals surface area contributed by atoms with Gasteiger partial charge >= 0.3 is 0 Å². The number of hydrogen-bond acceptors (Lipinski definition) is 9. The smallest absolute Gasteiger partial charge is 0.242 e. The SMILES string of the molecule is CSSC.CSSCC1NCN(C2CSSCCC2=O)C1=O. The third-order valence-electron chi connectivity index (χ3n) is 3.10. The Kier molecular flexibility index (Phi) is 12.1. The fraction of sp³-hybridized carbons (Fsp3) is 0.833. The average molecular weight is 419 g/mol. The van der Waals surface area contributed by atoms with Crippen LogP contribution in [0.25, 0.3) is 0 Å². The Labute approximate surface area is 156 Å². The van der Waals surface area contributed by atoms with Gasteiger partial charge in [0.15, 0.2) is 5.78 Å². The van der Waals surface area contributed by atoms with Crippen LogP contribution < -0.4 is 5.32 Å². The third-order valence-corrected chi connectivity index (χ3v) is 8.65. The summed E-state index contributed by atoms with van der Waals surface area (Å²) in [6.07, 6.45) is 6.70. The van der Waals surface area contributed by atoms with E-state index in [9.17, 15) is 9.59 Å². The van der Waals surface area contributed by atoms with Crippen molar-refractivity contribution in [3.8, 4) is 0 Å². The van der Waals surface area contributed by atoms with Crippen molar-refractivity contribution in [3.05, 3.63) is 0 Å². The predicted molar refractivity (Wildman–Crippen MR) is 110 cm³/mol. The zero-order chi connectivity index (χ0) is 16.4. The van der Waals surface area contributed by atoms with Crippen LogP contribution in [0.4, 0.5) is 0 Å². The van der Waals surface area contributed by atoms with Crippen LogP contribution in [0.5, 0.6) is 0 Å². The molecule has 22 heavy (non-hydrogen) atoms. The molecule has 2 aliphatic rings. The van der Waals surface area contributed by atoms with Crippen molar-refractivity contribution in [1.29, 1.82) is 0 Å². The number of nitrogens with zero attached hydrogens (tertiary/aromatic N) is 1. The van der Waals surface area contributed by atoms with Crippen LogP contribution >= 0.6 is 64.8 Å². The molecule has 0 saturated carbocycles. The van der Waals surface area contributed by atoms with Gasteiger partial charge in [0.05, 0.1) is 12.7 Å². The summed E-state index contributed by atoms with van der Waals surface area (Å²) in [4.78, 5) is 26.0. The van der Waals surface area contributed by atoms with Gasteiger partial charge in [0, 0.05) is 23.7 Å². The highest BCUT2D eigenvalue weighted by atomic mass is 33.1. The highest BCUT2D eigenvalue weighted by Gasteiger charge is 2.38. The van der Waals surface area contributed by atoms with Crippen LogP contribution in [0.1, 0.15) is 6.42 Å². The van der Waals surface area contributed by atoms with Crippen molar-refractivity contribution in [3.63, 3.8) is 0 Å². The molecule has 4 nitrogen and oxygen atoms in total. The van der Waals surface area contributed by atoms with E-state index in [4.69, 9.17) is 0 Å². The number of amides is 1. The maximum atomic E-state index is 12.2. The molecule has 0 bridgehead atoms. The molecule has 10 heteroatoms. The minimum Gasteiger partial charge on any atom is -0.318 e. The van der Waals surface area contributed by atoms with Crippen LogP contribution in [0.2, 0.25) is 0 Å². The lowest BCUT2D eigenvalue weighted by Crippen LogP contribution is -2.45. The average Bonchev–Trinajstić information content (AvgIpc) is 2.75. The van der Waals surface area contributed by atoms with Crippen molar-refractivity contribution in [2.75, 3.05) is 42.7 Å².